The number of thioether (sulfide) groups is 1. The minimum atomic E-state index is -0.459. The van der Waals surface area contributed by atoms with Crippen molar-refractivity contribution in [2.45, 2.75) is 37.9 Å². The molecule has 3 aromatic rings. The number of ether oxygens (including phenoxy) is 1. The van der Waals surface area contributed by atoms with Crippen LogP contribution >= 0.6 is 11.8 Å². The Morgan fingerprint density at radius 1 is 1.18 bits per heavy atom. The number of rotatable bonds is 6. The Labute approximate surface area is 169 Å². The molecule has 0 saturated heterocycles. The van der Waals surface area contributed by atoms with Crippen LogP contribution in [0.25, 0.3) is 22.4 Å². The highest BCUT2D eigenvalue weighted by Gasteiger charge is 2.44. The molecule has 1 aliphatic heterocycles. The minimum Gasteiger partial charge on any atom is -0.496 e. The van der Waals surface area contributed by atoms with Gasteiger partial charge in [0.25, 0.3) is 0 Å². The van der Waals surface area contributed by atoms with Gasteiger partial charge in [-0.2, -0.15) is 11.8 Å². The van der Waals surface area contributed by atoms with Crippen molar-refractivity contribution in [3.8, 4) is 17.1 Å². The molecule has 1 amide bonds. The fraction of sp³-hybridized carbons (Fsp3) is 0.364. The Bertz CT molecular complexity index is 1050. The number of anilines is 1. The molecule has 0 bridgehead atoms. The number of nitrogens with zero attached hydrogens (tertiary/aromatic N) is 1. The number of fused-ring (bicyclic) bond motifs is 2. The Kier molecular flexibility index (Phi) is 4.83. The van der Waals surface area contributed by atoms with E-state index in [1.54, 1.807) is 18.9 Å². The number of H-pyrrole nitrogens is 1. The summed E-state index contributed by atoms with van der Waals surface area (Å²) in [6.07, 6.45) is 3.63. The van der Waals surface area contributed by atoms with Gasteiger partial charge in [-0.1, -0.05) is 19.9 Å². The van der Waals surface area contributed by atoms with Crippen LogP contribution in [-0.2, 0) is 16.0 Å². The van der Waals surface area contributed by atoms with Gasteiger partial charge in [0.05, 0.1) is 29.1 Å². The van der Waals surface area contributed by atoms with Crippen molar-refractivity contribution in [3.63, 3.8) is 0 Å². The van der Waals surface area contributed by atoms with Gasteiger partial charge >= 0.3 is 0 Å². The first-order valence-corrected chi connectivity index (χ1v) is 11.0. The molecule has 6 heteroatoms. The summed E-state index contributed by atoms with van der Waals surface area (Å²) in [5, 5.41) is 3.06. The van der Waals surface area contributed by atoms with E-state index in [0.717, 1.165) is 58.0 Å². The van der Waals surface area contributed by atoms with E-state index >= 15 is 0 Å². The second-order valence-corrected chi connectivity index (χ2v) is 8.08. The van der Waals surface area contributed by atoms with Crippen LogP contribution in [0.3, 0.4) is 0 Å². The van der Waals surface area contributed by atoms with Crippen LogP contribution in [-0.4, -0.2) is 29.2 Å². The maximum atomic E-state index is 12.6. The number of methoxy groups -OCH3 is 1. The molecule has 0 aliphatic carbocycles. The maximum Gasteiger partial charge on any atom is 0.235 e. The highest BCUT2D eigenvalue weighted by atomic mass is 32.2. The monoisotopic (exact) mass is 395 g/mol. The number of aromatic amines is 1. The first-order chi connectivity index (χ1) is 13.6. The predicted octanol–water partition coefficient (Wildman–Crippen LogP) is 5.11. The Balaban J connectivity index is 1.82. The van der Waals surface area contributed by atoms with Crippen LogP contribution < -0.4 is 10.1 Å². The standard InChI is InChI=1S/C22H25N3O2S/c1-5-22(6-2)15-10-17-18(11-16(15)25-21(22)26)24-20(23-17)14-8-7-13(12-28-4)9-19(14)27-3/h7-11H,5-6,12H2,1-4H3,(H,23,24)(H,25,26). The van der Waals surface area contributed by atoms with Crippen molar-refractivity contribution in [2.24, 2.45) is 0 Å². The average molecular weight is 396 g/mol. The van der Waals surface area contributed by atoms with Gasteiger partial charge in [0.15, 0.2) is 0 Å². The smallest absolute Gasteiger partial charge is 0.235 e. The number of imidazole rings is 1. The van der Waals surface area contributed by atoms with Crippen molar-refractivity contribution in [1.82, 2.24) is 9.97 Å². The molecule has 1 aromatic heterocycles. The Morgan fingerprint density at radius 2 is 1.96 bits per heavy atom. The fourth-order valence-corrected chi connectivity index (χ4v) is 4.70. The van der Waals surface area contributed by atoms with E-state index in [0.29, 0.717) is 0 Å². The molecule has 0 spiro atoms. The summed E-state index contributed by atoms with van der Waals surface area (Å²) >= 11 is 1.78. The van der Waals surface area contributed by atoms with Crippen molar-refractivity contribution < 1.29 is 9.53 Å². The molecule has 1 aliphatic rings. The summed E-state index contributed by atoms with van der Waals surface area (Å²) in [5.41, 5.74) is 5.42. The van der Waals surface area contributed by atoms with Crippen LogP contribution in [0.1, 0.15) is 37.8 Å². The summed E-state index contributed by atoms with van der Waals surface area (Å²) in [4.78, 5) is 20.8. The number of nitrogens with one attached hydrogen (secondary N) is 2. The van der Waals surface area contributed by atoms with E-state index in [9.17, 15) is 4.79 Å². The third kappa shape index (κ3) is 2.78. The van der Waals surface area contributed by atoms with E-state index in [1.807, 2.05) is 6.07 Å². The summed E-state index contributed by atoms with van der Waals surface area (Å²) in [5.74, 6) is 2.62. The molecule has 2 N–H and O–H groups in total. The maximum absolute atomic E-state index is 12.6. The van der Waals surface area contributed by atoms with E-state index in [1.165, 1.54) is 5.56 Å². The van der Waals surface area contributed by atoms with Crippen LogP contribution in [0.4, 0.5) is 5.69 Å². The topological polar surface area (TPSA) is 67.0 Å². The highest BCUT2D eigenvalue weighted by Crippen LogP contribution is 2.44. The van der Waals surface area contributed by atoms with Crippen molar-refractivity contribution in [2.75, 3.05) is 18.7 Å². The normalized spacial score (nSPS) is 14.9. The van der Waals surface area contributed by atoms with Gasteiger partial charge in [-0.05, 0) is 54.5 Å². The zero-order chi connectivity index (χ0) is 19.9. The molecule has 0 fully saturated rings. The molecule has 0 atom stereocenters. The lowest BCUT2D eigenvalue weighted by atomic mass is 9.77. The second-order valence-electron chi connectivity index (χ2n) is 7.21. The number of benzene rings is 2. The molecule has 146 valence electrons. The predicted molar refractivity (Wildman–Crippen MR) is 116 cm³/mol. The quantitative estimate of drug-likeness (QED) is 0.608. The zero-order valence-electron chi connectivity index (χ0n) is 16.7. The second kappa shape index (κ2) is 7.17. The molecule has 5 nitrogen and oxygen atoms in total. The van der Waals surface area contributed by atoms with E-state index in [-0.39, 0.29) is 5.91 Å². The molecule has 2 aromatic carbocycles. The number of aromatic nitrogens is 2. The van der Waals surface area contributed by atoms with Gasteiger partial charge < -0.3 is 15.0 Å². The molecule has 4 rings (SSSR count). The number of hydrogen-bond acceptors (Lipinski definition) is 4. The van der Waals surface area contributed by atoms with Gasteiger partial charge in [-0.3, -0.25) is 4.79 Å². The van der Waals surface area contributed by atoms with Gasteiger partial charge in [0.2, 0.25) is 5.91 Å². The number of carbonyl (C=O) groups excluding carboxylic acids is 1. The number of amides is 1. The summed E-state index contributed by atoms with van der Waals surface area (Å²) < 4.78 is 5.62. The minimum absolute atomic E-state index is 0.0893. The lowest BCUT2D eigenvalue weighted by Crippen LogP contribution is -2.32. The van der Waals surface area contributed by atoms with E-state index < -0.39 is 5.41 Å². The van der Waals surface area contributed by atoms with Crippen molar-refractivity contribution >= 4 is 34.4 Å². The largest absolute Gasteiger partial charge is 0.496 e. The first kappa shape index (κ1) is 18.9. The van der Waals surface area contributed by atoms with Crippen molar-refractivity contribution in [1.29, 1.82) is 0 Å². The molecule has 0 radical (unpaired) electrons. The summed E-state index contributed by atoms with van der Waals surface area (Å²) in [6.45, 7) is 4.14. The molecule has 28 heavy (non-hydrogen) atoms. The van der Waals surface area contributed by atoms with Gasteiger partial charge in [-0.25, -0.2) is 4.98 Å². The van der Waals surface area contributed by atoms with E-state index in [2.05, 4.69) is 54.7 Å². The molecular weight excluding hydrogens is 370 g/mol. The average Bonchev–Trinajstić information content (AvgIpc) is 3.23. The van der Waals surface area contributed by atoms with Gasteiger partial charge in [-0.15, -0.1) is 0 Å². The Hall–Kier alpha value is -2.47. The lowest BCUT2D eigenvalue weighted by molar-refractivity contribution is -0.121. The third-order valence-electron chi connectivity index (χ3n) is 5.86. The SMILES string of the molecule is CCC1(CC)C(=O)Nc2cc3[nH]c(-c4ccc(CSC)cc4OC)nc3cc21. The zero-order valence-corrected chi connectivity index (χ0v) is 17.5. The summed E-state index contributed by atoms with van der Waals surface area (Å²) in [6, 6.07) is 10.3. The van der Waals surface area contributed by atoms with Gasteiger partial charge in [0.1, 0.15) is 11.6 Å². The summed E-state index contributed by atoms with van der Waals surface area (Å²) in [7, 11) is 1.69. The number of hydrogen-bond donors (Lipinski definition) is 2. The molecule has 0 unspecified atom stereocenters. The highest BCUT2D eigenvalue weighted by molar-refractivity contribution is 7.97. The molecule has 0 saturated carbocycles. The van der Waals surface area contributed by atoms with E-state index in [4.69, 9.17) is 9.72 Å². The molecular formula is C22H25N3O2S. The molecule has 2 heterocycles. The Morgan fingerprint density at radius 3 is 2.64 bits per heavy atom. The van der Waals surface area contributed by atoms with Crippen LogP contribution in [0.2, 0.25) is 0 Å². The fourth-order valence-electron chi connectivity index (χ4n) is 4.19. The third-order valence-corrected chi connectivity index (χ3v) is 6.48. The number of carbonyl (C=O) groups is 1. The lowest BCUT2D eigenvalue weighted by Gasteiger charge is -2.23. The van der Waals surface area contributed by atoms with Crippen LogP contribution in [0.15, 0.2) is 30.3 Å². The van der Waals surface area contributed by atoms with Gasteiger partial charge in [0, 0.05) is 11.4 Å². The van der Waals surface area contributed by atoms with Crippen molar-refractivity contribution in [3.05, 3.63) is 41.5 Å². The van der Waals surface area contributed by atoms with Crippen LogP contribution in [0.5, 0.6) is 5.75 Å². The first-order valence-electron chi connectivity index (χ1n) is 9.58. The van der Waals surface area contributed by atoms with Crippen LogP contribution in [0, 0.1) is 0 Å².